The molecule has 2 fully saturated rings. The number of anilines is 1. The molecule has 2 heterocycles. The first-order chi connectivity index (χ1) is 12.6. The van der Waals surface area contributed by atoms with Crippen molar-refractivity contribution in [3.63, 3.8) is 0 Å². The van der Waals surface area contributed by atoms with Crippen LogP contribution in [0.5, 0.6) is 0 Å². The smallest absolute Gasteiger partial charge is 0.280 e. The van der Waals surface area contributed by atoms with Crippen LogP contribution in [0.3, 0.4) is 0 Å². The number of nitrogens with one attached hydrogen (secondary N) is 1. The molecule has 0 radical (unpaired) electrons. The van der Waals surface area contributed by atoms with Gasteiger partial charge in [0.05, 0.1) is 5.69 Å². The summed E-state index contributed by atoms with van der Waals surface area (Å²) in [4.78, 5) is 32.5. The molecule has 2 amide bonds. The molecule has 26 heavy (non-hydrogen) atoms. The lowest BCUT2D eigenvalue weighted by Crippen LogP contribution is -2.49. The van der Waals surface area contributed by atoms with E-state index in [9.17, 15) is 14.0 Å². The highest BCUT2D eigenvalue weighted by atomic mass is 32.1. The summed E-state index contributed by atoms with van der Waals surface area (Å²) in [7, 11) is 0. The Labute approximate surface area is 154 Å². The van der Waals surface area contributed by atoms with Crippen LogP contribution in [0.2, 0.25) is 0 Å². The van der Waals surface area contributed by atoms with Crippen molar-refractivity contribution in [2.75, 3.05) is 31.1 Å². The average Bonchev–Trinajstić information content (AvgIpc) is 3.33. The van der Waals surface area contributed by atoms with Crippen molar-refractivity contribution in [1.29, 1.82) is 0 Å². The highest BCUT2D eigenvalue weighted by Gasteiger charge is 2.28. The van der Waals surface area contributed by atoms with Gasteiger partial charge in [-0.2, -0.15) is 0 Å². The summed E-state index contributed by atoms with van der Waals surface area (Å²) in [6.45, 7) is 2.11. The molecule has 0 bridgehead atoms. The molecule has 1 saturated heterocycles. The molecule has 2 aliphatic rings. The molecule has 136 valence electrons. The second-order valence-corrected chi connectivity index (χ2v) is 7.37. The van der Waals surface area contributed by atoms with Crippen molar-refractivity contribution >= 4 is 28.8 Å². The van der Waals surface area contributed by atoms with E-state index in [1.54, 1.807) is 28.5 Å². The zero-order valence-electron chi connectivity index (χ0n) is 14.2. The Hall–Kier alpha value is -2.48. The fourth-order valence-electron chi connectivity index (χ4n) is 2.97. The molecule has 1 aliphatic heterocycles. The second kappa shape index (κ2) is 7.03. The van der Waals surface area contributed by atoms with Gasteiger partial charge in [-0.25, -0.2) is 9.37 Å². The third kappa shape index (κ3) is 3.55. The van der Waals surface area contributed by atoms with Gasteiger partial charge in [0.15, 0.2) is 5.01 Å². The zero-order valence-corrected chi connectivity index (χ0v) is 15.0. The van der Waals surface area contributed by atoms with Crippen molar-refractivity contribution in [1.82, 2.24) is 15.2 Å². The van der Waals surface area contributed by atoms with Gasteiger partial charge in [0.25, 0.3) is 11.8 Å². The van der Waals surface area contributed by atoms with Crippen molar-refractivity contribution in [3.8, 4) is 0 Å². The van der Waals surface area contributed by atoms with Crippen molar-refractivity contribution in [2.45, 2.75) is 18.9 Å². The molecule has 1 aromatic heterocycles. The molecule has 0 spiro atoms. The predicted octanol–water partition coefficient (Wildman–Crippen LogP) is 2.14. The first-order valence-electron chi connectivity index (χ1n) is 8.67. The van der Waals surface area contributed by atoms with Crippen molar-refractivity contribution in [2.24, 2.45) is 0 Å². The number of carbonyl (C=O) groups excluding carboxylic acids is 2. The van der Waals surface area contributed by atoms with Gasteiger partial charge in [0, 0.05) is 37.6 Å². The van der Waals surface area contributed by atoms with E-state index in [4.69, 9.17) is 0 Å². The Morgan fingerprint density at radius 1 is 1.15 bits per heavy atom. The van der Waals surface area contributed by atoms with Crippen LogP contribution < -0.4 is 10.2 Å². The highest BCUT2D eigenvalue weighted by molar-refractivity contribution is 7.11. The normalized spacial score (nSPS) is 17.3. The molecular formula is C18H19FN4O2S. The van der Waals surface area contributed by atoms with E-state index in [-0.39, 0.29) is 23.7 Å². The maximum Gasteiger partial charge on any atom is 0.280 e. The summed E-state index contributed by atoms with van der Waals surface area (Å²) in [6, 6.07) is 6.92. The number of para-hydroxylation sites is 1. The van der Waals surface area contributed by atoms with Crippen LogP contribution in [-0.4, -0.2) is 53.9 Å². The number of hydrogen-bond acceptors (Lipinski definition) is 5. The maximum absolute atomic E-state index is 13.9. The Bertz CT molecular complexity index is 828. The highest BCUT2D eigenvalue weighted by Crippen LogP contribution is 2.22. The number of rotatable bonds is 4. The standard InChI is InChI=1S/C18H19FN4O2S/c19-13-3-1-2-4-15(13)22-7-9-23(10-8-22)18(25)14-11-26-17(21-14)16(24)20-12-5-6-12/h1-4,11-12H,5-10H2,(H,20,24). The van der Waals surface area contributed by atoms with Gasteiger partial charge in [0.2, 0.25) is 0 Å². The molecule has 1 N–H and O–H groups in total. The number of carbonyl (C=O) groups is 2. The maximum atomic E-state index is 13.9. The minimum atomic E-state index is -0.252. The lowest BCUT2D eigenvalue weighted by Gasteiger charge is -2.35. The summed E-state index contributed by atoms with van der Waals surface area (Å²) in [6.07, 6.45) is 2.02. The van der Waals surface area contributed by atoms with Crippen LogP contribution in [-0.2, 0) is 0 Å². The topological polar surface area (TPSA) is 65.5 Å². The van der Waals surface area contributed by atoms with E-state index in [2.05, 4.69) is 10.3 Å². The summed E-state index contributed by atoms with van der Waals surface area (Å²) in [5.74, 6) is -0.640. The molecule has 4 rings (SSSR count). The van der Waals surface area contributed by atoms with E-state index in [1.165, 1.54) is 17.4 Å². The number of aromatic nitrogens is 1. The predicted molar refractivity (Wildman–Crippen MR) is 97.1 cm³/mol. The number of amides is 2. The number of piperazine rings is 1. The van der Waals surface area contributed by atoms with Gasteiger partial charge >= 0.3 is 0 Å². The quantitative estimate of drug-likeness (QED) is 0.891. The fraction of sp³-hybridized carbons (Fsp3) is 0.389. The monoisotopic (exact) mass is 374 g/mol. The first-order valence-corrected chi connectivity index (χ1v) is 9.55. The van der Waals surface area contributed by atoms with Crippen LogP contribution in [0.4, 0.5) is 10.1 Å². The van der Waals surface area contributed by atoms with Crippen molar-refractivity contribution in [3.05, 3.63) is 46.2 Å². The molecule has 0 atom stereocenters. The van der Waals surface area contributed by atoms with Crippen LogP contribution in [0.1, 0.15) is 33.1 Å². The molecular weight excluding hydrogens is 355 g/mol. The average molecular weight is 374 g/mol. The number of nitrogens with zero attached hydrogens (tertiary/aromatic N) is 3. The Kier molecular flexibility index (Phi) is 4.58. The van der Waals surface area contributed by atoms with Crippen molar-refractivity contribution < 1.29 is 14.0 Å². The molecule has 2 aromatic rings. The molecule has 1 aliphatic carbocycles. The summed E-state index contributed by atoms with van der Waals surface area (Å²) >= 11 is 1.19. The SMILES string of the molecule is O=C(NC1CC1)c1nc(C(=O)N2CCN(c3ccccc3F)CC2)cs1. The van der Waals surface area contributed by atoms with Gasteiger partial charge in [0.1, 0.15) is 11.5 Å². The van der Waals surface area contributed by atoms with Crippen LogP contribution >= 0.6 is 11.3 Å². The number of hydrogen-bond donors (Lipinski definition) is 1. The molecule has 8 heteroatoms. The largest absolute Gasteiger partial charge is 0.366 e. The number of benzene rings is 1. The summed E-state index contributed by atoms with van der Waals surface area (Å²) in [5, 5.41) is 4.83. The van der Waals surface area contributed by atoms with Gasteiger partial charge in [-0.15, -0.1) is 11.3 Å². The van der Waals surface area contributed by atoms with Crippen LogP contribution in [0, 0.1) is 5.82 Å². The Morgan fingerprint density at radius 2 is 1.88 bits per heavy atom. The first kappa shape index (κ1) is 17.0. The number of halogens is 1. The van der Waals surface area contributed by atoms with E-state index in [0.717, 1.165) is 12.8 Å². The lowest BCUT2D eigenvalue weighted by atomic mass is 10.2. The Morgan fingerprint density at radius 3 is 2.58 bits per heavy atom. The molecule has 1 aromatic carbocycles. The number of thiazole rings is 1. The lowest BCUT2D eigenvalue weighted by molar-refractivity contribution is 0.0741. The third-order valence-corrected chi connectivity index (χ3v) is 5.43. The summed E-state index contributed by atoms with van der Waals surface area (Å²) < 4.78 is 13.9. The molecule has 0 unspecified atom stereocenters. The van der Waals surface area contributed by atoms with Gasteiger partial charge < -0.3 is 15.1 Å². The van der Waals surface area contributed by atoms with E-state index in [0.29, 0.717) is 42.6 Å². The van der Waals surface area contributed by atoms with Crippen LogP contribution in [0.25, 0.3) is 0 Å². The minimum absolute atomic E-state index is 0.181. The molecule has 6 nitrogen and oxygen atoms in total. The fourth-order valence-corrected chi connectivity index (χ4v) is 3.67. The minimum Gasteiger partial charge on any atom is -0.366 e. The van der Waals surface area contributed by atoms with Gasteiger partial charge in [-0.05, 0) is 25.0 Å². The van der Waals surface area contributed by atoms with E-state index in [1.807, 2.05) is 4.90 Å². The van der Waals surface area contributed by atoms with Gasteiger partial charge in [-0.1, -0.05) is 12.1 Å². The second-order valence-electron chi connectivity index (χ2n) is 6.52. The van der Waals surface area contributed by atoms with Gasteiger partial charge in [-0.3, -0.25) is 9.59 Å². The Balaban J connectivity index is 1.37. The molecule has 1 saturated carbocycles. The van der Waals surface area contributed by atoms with Crippen LogP contribution in [0.15, 0.2) is 29.6 Å². The van der Waals surface area contributed by atoms with E-state index < -0.39 is 0 Å². The zero-order chi connectivity index (χ0) is 18.1. The van der Waals surface area contributed by atoms with E-state index >= 15 is 0 Å². The summed E-state index contributed by atoms with van der Waals surface area (Å²) in [5.41, 5.74) is 0.863. The third-order valence-electron chi connectivity index (χ3n) is 4.59.